The zero-order chi connectivity index (χ0) is 9.85. The van der Waals surface area contributed by atoms with Crippen molar-refractivity contribution in [3.05, 3.63) is 0 Å². The molecule has 3 nitrogen and oxygen atoms in total. The van der Waals surface area contributed by atoms with Crippen LogP contribution < -0.4 is 0 Å². The van der Waals surface area contributed by atoms with E-state index in [4.69, 9.17) is 4.74 Å². The average molecular weight is 186 g/mol. The molecule has 0 aromatic carbocycles. The van der Waals surface area contributed by atoms with Crippen LogP contribution >= 0.6 is 0 Å². The Morgan fingerprint density at radius 1 is 1.08 bits per heavy atom. The topological polar surface area (TPSA) is 49.7 Å². The SMILES string of the molecule is CC1C[C@@]2(C)O[C@@](C)(C1)[C@H](O)[C@@H]2O. The highest BCUT2D eigenvalue weighted by Gasteiger charge is 2.60. The molecular weight excluding hydrogens is 168 g/mol. The van der Waals surface area contributed by atoms with Crippen LogP contribution in [0.25, 0.3) is 0 Å². The molecule has 2 saturated heterocycles. The first-order valence-electron chi connectivity index (χ1n) is 4.94. The van der Waals surface area contributed by atoms with Gasteiger partial charge in [0.25, 0.3) is 0 Å². The number of ether oxygens (including phenoxy) is 1. The fourth-order valence-corrected chi connectivity index (χ4v) is 3.10. The molecule has 0 aliphatic carbocycles. The van der Waals surface area contributed by atoms with Crippen LogP contribution in [0.1, 0.15) is 33.6 Å². The molecule has 2 N–H and O–H groups in total. The van der Waals surface area contributed by atoms with Crippen LogP contribution in [0.4, 0.5) is 0 Å². The lowest BCUT2D eigenvalue weighted by molar-refractivity contribution is -0.161. The summed E-state index contributed by atoms with van der Waals surface area (Å²) in [7, 11) is 0. The summed E-state index contributed by atoms with van der Waals surface area (Å²) in [6.45, 7) is 5.92. The Balaban J connectivity index is 2.35. The van der Waals surface area contributed by atoms with Gasteiger partial charge in [-0.15, -0.1) is 0 Å². The van der Waals surface area contributed by atoms with Crippen LogP contribution in [0, 0.1) is 5.92 Å². The summed E-state index contributed by atoms with van der Waals surface area (Å²) < 4.78 is 5.77. The highest BCUT2D eigenvalue weighted by Crippen LogP contribution is 2.49. The summed E-state index contributed by atoms with van der Waals surface area (Å²) in [5.41, 5.74) is -1.07. The molecule has 0 aromatic heterocycles. The first kappa shape index (κ1) is 9.44. The molecule has 0 spiro atoms. The third-order valence-electron chi connectivity index (χ3n) is 3.52. The van der Waals surface area contributed by atoms with Crippen molar-refractivity contribution >= 4 is 0 Å². The van der Waals surface area contributed by atoms with Gasteiger partial charge in [-0.1, -0.05) is 6.92 Å². The van der Waals surface area contributed by atoms with Gasteiger partial charge in [0.05, 0.1) is 11.2 Å². The van der Waals surface area contributed by atoms with Crippen molar-refractivity contribution in [3.8, 4) is 0 Å². The molecule has 2 aliphatic rings. The Labute approximate surface area is 78.7 Å². The molecule has 76 valence electrons. The van der Waals surface area contributed by atoms with Crippen LogP contribution in [0.5, 0.6) is 0 Å². The Bertz CT molecular complexity index is 208. The summed E-state index contributed by atoms with van der Waals surface area (Å²) >= 11 is 0. The predicted molar refractivity (Wildman–Crippen MR) is 48.3 cm³/mol. The molecule has 1 unspecified atom stereocenters. The minimum absolute atomic E-state index is 0.510. The third-order valence-corrected chi connectivity index (χ3v) is 3.52. The maximum absolute atomic E-state index is 9.84. The average Bonchev–Trinajstić information content (AvgIpc) is 2.08. The van der Waals surface area contributed by atoms with E-state index in [1.165, 1.54) is 0 Å². The number of rotatable bonds is 0. The molecule has 13 heavy (non-hydrogen) atoms. The number of hydrogen-bond acceptors (Lipinski definition) is 3. The first-order chi connectivity index (χ1) is 5.87. The second kappa shape index (κ2) is 2.47. The van der Waals surface area contributed by atoms with Gasteiger partial charge in [0.1, 0.15) is 12.2 Å². The Hall–Kier alpha value is -0.120. The molecule has 0 aromatic rings. The second-order valence-corrected chi connectivity index (χ2v) is 5.13. The van der Waals surface area contributed by atoms with Gasteiger partial charge in [-0.05, 0) is 32.6 Å². The van der Waals surface area contributed by atoms with E-state index in [0.717, 1.165) is 12.8 Å². The molecular formula is C10H18O3. The summed E-state index contributed by atoms with van der Waals surface area (Å²) in [4.78, 5) is 0. The second-order valence-electron chi connectivity index (χ2n) is 5.13. The monoisotopic (exact) mass is 186 g/mol. The molecule has 2 bridgehead atoms. The van der Waals surface area contributed by atoms with Gasteiger partial charge < -0.3 is 14.9 Å². The van der Waals surface area contributed by atoms with Gasteiger partial charge in [-0.25, -0.2) is 0 Å². The summed E-state index contributed by atoms with van der Waals surface area (Å²) in [5.74, 6) is 0.510. The van der Waals surface area contributed by atoms with E-state index in [9.17, 15) is 10.2 Å². The van der Waals surface area contributed by atoms with Gasteiger partial charge in [0.15, 0.2) is 0 Å². The standard InChI is InChI=1S/C10H18O3/c1-6-4-9(2)7(11)8(12)10(3,5-6)13-9/h6-8,11-12H,4-5H2,1-3H3/t6?,7-,8+,9+,10-. The molecule has 5 atom stereocenters. The van der Waals surface area contributed by atoms with Crippen molar-refractivity contribution in [2.24, 2.45) is 5.92 Å². The molecule has 0 amide bonds. The van der Waals surface area contributed by atoms with Gasteiger partial charge in [0.2, 0.25) is 0 Å². The Morgan fingerprint density at radius 3 is 1.85 bits per heavy atom. The predicted octanol–water partition coefficient (Wildman–Crippen LogP) is 0.686. The lowest BCUT2D eigenvalue weighted by atomic mass is 9.86. The molecule has 0 radical (unpaired) electrons. The fourth-order valence-electron chi connectivity index (χ4n) is 3.10. The highest BCUT2D eigenvalue weighted by molar-refractivity contribution is 5.10. The molecule has 2 fully saturated rings. The van der Waals surface area contributed by atoms with Crippen molar-refractivity contribution in [1.82, 2.24) is 0 Å². The smallest absolute Gasteiger partial charge is 0.111 e. The molecule has 0 saturated carbocycles. The van der Waals surface area contributed by atoms with Crippen molar-refractivity contribution < 1.29 is 14.9 Å². The lowest BCUT2D eigenvalue weighted by Crippen LogP contribution is -2.43. The fraction of sp³-hybridized carbons (Fsp3) is 1.00. The zero-order valence-corrected chi connectivity index (χ0v) is 8.45. The number of hydrogen-bond donors (Lipinski definition) is 2. The number of aliphatic hydroxyl groups excluding tert-OH is 2. The maximum Gasteiger partial charge on any atom is 0.111 e. The largest absolute Gasteiger partial charge is 0.387 e. The maximum atomic E-state index is 9.84. The van der Waals surface area contributed by atoms with E-state index < -0.39 is 23.4 Å². The molecule has 2 aliphatic heterocycles. The van der Waals surface area contributed by atoms with Crippen LogP contribution in [0.2, 0.25) is 0 Å². The van der Waals surface area contributed by atoms with E-state index in [2.05, 4.69) is 6.92 Å². The summed E-state index contributed by atoms with van der Waals surface area (Å²) in [6.07, 6.45) is 0.201. The van der Waals surface area contributed by atoms with Gasteiger partial charge in [-0.2, -0.15) is 0 Å². The van der Waals surface area contributed by atoms with E-state index in [-0.39, 0.29) is 0 Å². The Kier molecular flexibility index (Phi) is 1.79. The van der Waals surface area contributed by atoms with Crippen molar-refractivity contribution in [2.75, 3.05) is 0 Å². The first-order valence-corrected chi connectivity index (χ1v) is 4.94. The van der Waals surface area contributed by atoms with Crippen LogP contribution in [0.3, 0.4) is 0 Å². The van der Waals surface area contributed by atoms with Crippen molar-refractivity contribution in [2.45, 2.75) is 57.0 Å². The van der Waals surface area contributed by atoms with Crippen LogP contribution in [-0.2, 0) is 4.74 Å². The quantitative estimate of drug-likeness (QED) is 0.585. The minimum Gasteiger partial charge on any atom is -0.387 e. The number of fused-ring (bicyclic) bond motifs is 2. The normalized spacial score (nSPS) is 61.2. The zero-order valence-electron chi connectivity index (χ0n) is 8.45. The lowest BCUT2D eigenvalue weighted by Gasteiger charge is -2.39. The molecule has 3 heteroatoms. The summed E-state index contributed by atoms with van der Waals surface area (Å²) in [5, 5.41) is 19.7. The van der Waals surface area contributed by atoms with Gasteiger partial charge >= 0.3 is 0 Å². The minimum atomic E-state index is -0.734. The van der Waals surface area contributed by atoms with Gasteiger partial charge in [0, 0.05) is 0 Å². The van der Waals surface area contributed by atoms with E-state index in [1.54, 1.807) is 0 Å². The van der Waals surface area contributed by atoms with Crippen LogP contribution in [0.15, 0.2) is 0 Å². The number of aliphatic hydroxyl groups is 2. The summed E-state index contributed by atoms with van der Waals surface area (Å²) in [6, 6.07) is 0. The van der Waals surface area contributed by atoms with E-state index >= 15 is 0 Å². The van der Waals surface area contributed by atoms with Crippen LogP contribution in [-0.4, -0.2) is 33.6 Å². The molecule has 2 rings (SSSR count). The third kappa shape index (κ3) is 1.14. The highest BCUT2D eigenvalue weighted by atomic mass is 16.6. The van der Waals surface area contributed by atoms with Crippen molar-refractivity contribution in [3.63, 3.8) is 0 Å². The Morgan fingerprint density at radius 2 is 1.46 bits per heavy atom. The van der Waals surface area contributed by atoms with Gasteiger partial charge in [-0.3, -0.25) is 0 Å². The van der Waals surface area contributed by atoms with E-state index in [1.807, 2.05) is 13.8 Å². The van der Waals surface area contributed by atoms with E-state index in [0.29, 0.717) is 5.92 Å². The van der Waals surface area contributed by atoms with Crippen molar-refractivity contribution in [1.29, 1.82) is 0 Å². The molecule has 2 heterocycles.